The molecule has 0 radical (unpaired) electrons. The van der Waals surface area contributed by atoms with Crippen molar-refractivity contribution in [3.63, 3.8) is 0 Å². The molecule has 1 amide bonds. The molecule has 3 heteroatoms. The first-order chi connectivity index (χ1) is 10.7. The maximum atomic E-state index is 12.3. The Morgan fingerprint density at radius 2 is 1.86 bits per heavy atom. The van der Waals surface area contributed by atoms with Crippen LogP contribution < -0.4 is 10.1 Å². The minimum absolute atomic E-state index is 0.109. The Balaban J connectivity index is 1.76. The van der Waals surface area contributed by atoms with Gasteiger partial charge in [0, 0.05) is 5.92 Å². The highest BCUT2D eigenvalue weighted by atomic mass is 16.5. The summed E-state index contributed by atoms with van der Waals surface area (Å²) < 4.78 is 5.94. The van der Waals surface area contributed by atoms with E-state index in [0.29, 0.717) is 5.75 Å². The number of nitrogens with one attached hydrogen (secondary N) is 1. The fraction of sp³-hybridized carbons (Fsp3) is 0.316. The average Bonchev–Trinajstić information content (AvgIpc) is 3.04. The quantitative estimate of drug-likeness (QED) is 0.869. The van der Waals surface area contributed by atoms with Crippen molar-refractivity contribution in [2.45, 2.75) is 32.6 Å². The number of ether oxygens (including phenoxy) is 1. The fourth-order valence-corrected chi connectivity index (χ4v) is 2.89. The molecular weight excluding hydrogens is 274 g/mol. The molecule has 1 saturated carbocycles. The molecule has 1 N–H and O–H groups in total. The van der Waals surface area contributed by atoms with Crippen LogP contribution in [0.1, 0.15) is 31.2 Å². The van der Waals surface area contributed by atoms with Crippen LogP contribution in [0.15, 0.2) is 48.5 Å². The van der Waals surface area contributed by atoms with Crippen LogP contribution in [-0.4, -0.2) is 5.91 Å². The van der Waals surface area contributed by atoms with Crippen LogP contribution in [0.4, 0.5) is 5.69 Å². The first-order valence-corrected chi connectivity index (χ1v) is 7.87. The van der Waals surface area contributed by atoms with E-state index in [1.165, 1.54) is 0 Å². The Bertz CT molecular complexity index is 660. The predicted octanol–water partition coefficient (Wildman–Crippen LogP) is 4.92. The van der Waals surface area contributed by atoms with E-state index in [-0.39, 0.29) is 11.8 Å². The first kappa shape index (κ1) is 14.6. The van der Waals surface area contributed by atoms with Gasteiger partial charge in [-0.2, -0.15) is 0 Å². The number of anilines is 1. The molecule has 0 unspecified atom stereocenters. The summed E-state index contributed by atoms with van der Waals surface area (Å²) in [6.45, 7) is 2.03. The number of benzene rings is 2. The van der Waals surface area contributed by atoms with Crippen LogP contribution in [0.5, 0.6) is 11.5 Å². The summed E-state index contributed by atoms with van der Waals surface area (Å²) in [6, 6.07) is 15.5. The molecule has 114 valence electrons. The lowest BCUT2D eigenvalue weighted by molar-refractivity contribution is -0.119. The Morgan fingerprint density at radius 3 is 2.64 bits per heavy atom. The van der Waals surface area contributed by atoms with Crippen molar-refractivity contribution in [1.82, 2.24) is 0 Å². The van der Waals surface area contributed by atoms with Crippen LogP contribution in [0.3, 0.4) is 0 Å². The van der Waals surface area contributed by atoms with Crippen molar-refractivity contribution in [3.8, 4) is 11.5 Å². The third-order valence-corrected chi connectivity index (χ3v) is 4.09. The Kier molecular flexibility index (Phi) is 4.42. The summed E-state index contributed by atoms with van der Waals surface area (Å²) in [5.41, 5.74) is 1.88. The van der Waals surface area contributed by atoms with E-state index in [2.05, 4.69) is 5.32 Å². The van der Waals surface area contributed by atoms with Gasteiger partial charge in [0.25, 0.3) is 0 Å². The smallest absolute Gasteiger partial charge is 0.227 e. The van der Waals surface area contributed by atoms with Crippen molar-refractivity contribution in [2.24, 2.45) is 5.92 Å². The summed E-state index contributed by atoms with van der Waals surface area (Å²) in [4.78, 5) is 12.3. The van der Waals surface area contributed by atoms with E-state index >= 15 is 0 Å². The number of amides is 1. The second-order valence-electron chi connectivity index (χ2n) is 5.89. The Hall–Kier alpha value is -2.29. The molecule has 0 spiro atoms. The molecule has 0 heterocycles. The number of para-hydroxylation sites is 2. The lowest BCUT2D eigenvalue weighted by Crippen LogP contribution is -2.20. The molecule has 1 fully saturated rings. The molecule has 1 aliphatic rings. The van der Waals surface area contributed by atoms with Gasteiger partial charge in [0.1, 0.15) is 5.75 Å². The van der Waals surface area contributed by atoms with Crippen molar-refractivity contribution in [1.29, 1.82) is 0 Å². The third-order valence-electron chi connectivity index (χ3n) is 4.09. The van der Waals surface area contributed by atoms with E-state index in [0.717, 1.165) is 42.7 Å². The minimum Gasteiger partial charge on any atom is -0.455 e. The lowest BCUT2D eigenvalue weighted by atomic mass is 10.1. The fourth-order valence-electron chi connectivity index (χ4n) is 2.89. The Labute approximate surface area is 131 Å². The van der Waals surface area contributed by atoms with Gasteiger partial charge in [-0.3, -0.25) is 4.79 Å². The number of hydrogen-bond acceptors (Lipinski definition) is 2. The summed E-state index contributed by atoms with van der Waals surface area (Å²) in [5, 5.41) is 3.02. The highest BCUT2D eigenvalue weighted by Crippen LogP contribution is 2.31. The number of rotatable bonds is 4. The lowest BCUT2D eigenvalue weighted by Gasteiger charge is -2.14. The SMILES string of the molecule is Cc1cccc(Oc2ccccc2NC(=O)C2CCCC2)c1. The van der Waals surface area contributed by atoms with Crippen LogP contribution in [0.25, 0.3) is 0 Å². The predicted molar refractivity (Wildman–Crippen MR) is 88.3 cm³/mol. The Morgan fingerprint density at radius 1 is 1.09 bits per heavy atom. The summed E-state index contributed by atoms with van der Waals surface area (Å²) in [6.07, 6.45) is 4.29. The number of carbonyl (C=O) groups is 1. The van der Waals surface area contributed by atoms with Gasteiger partial charge in [-0.15, -0.1) is 0 Å². The molecular formula is C19H21NO2. The minimum atomic E-state index is 0.109. The molecule has 1 aliphatic carbocycles. The van der Waals surface area contributed by atoms with Gasteiger partial charge in [-0.1, -0.05) is 37.1 Å². The molecule has 0 bridgehead atoms. The molecule has 0 aromatic heterocycles. The topological polar surface area (TPSA) is 38.3 Å². The van der Waals surface area contributed by atoms with E-state index in [9.17, 15) is 4.79 Å². The molecule has 3 nitrogen and oxygen atoms in total. The monoisotopic (exact) mass is 295 g/mol. The van der Waals surface area contributed by atoms with Gasteiger partial charge < -0.3 is 10.1 Å². The summed E-state index contributed by atoms with van der Waals surface area (Å²) >= 11 is 0. The molecule has 0 aliphatic heterocycles. The standard InChI is InChI=1S/C19H21NO2/c1-14-7-6-10-16(13-14)22-18-12-5-4-11-17(18)20-19(21)15-8-2-3-9-15/h4-7,10-13,15H,2-3,8-9H2,1H3,(H,20,21). The zero-order valence-electron chi connectivity index (χ0n) is 12.8. The van der Waals surface area contributed by atoms with E-state index < -0.39 is 0 Å². The van der Waals surface area contributed by atoms with Crippen molar-refractivity contribution in [3.05, 3.63) is 54.1 Å². The second kappa shape index (κ2) is 6.65. The molecule has 0 saturated heterocycles. The maximum Gasteiger partial charge on any atom is 0.227 e. The molecule has 0 atom stereocenters. The zero-order valence-corrected chi connectivity index (χ0v) is 12.8. The molecule has 2 aromatic rings. The zero-order chi connectivity index (χ0) is 15.4. The number of aryl methyl sites for hydroxylation is 1. The normalized spacial score (nSPS) is 14.8. The van der Waals surface area contributed by atoms with Crippen molar-refractivity contribution < 1.29 is 9.53 Å². The van der Waals surface area contributed by atoms with Crippen molar-refractivity contribution >= 4 is 11.6 Å². The van der Waals surface area contributed by atoms with Gasteiger partial charge in [-0.05, 0) is 49.6 Å². The van der Waals surface area contributed by atoms with Gasteiger partial charge in [0.2, 0.25) is 5.91 Å². The van der Waals surface area contributed by atoms with E-state index in [1.54, 1.807) is 0 Å². The van der Waals surface area contributed by atoms with Crippen LogP contribution in [0, 0.1) is 12.8 Å². The number of carbonyl (C=O) groups excluding carboxylic acids is 1. The maximum absolute atomic E-state index is 12.3. The van der Waals surface area contributed by atoms with Crippen LogP contribution >= 0.6 is 0 Å². The number of hydrogen-bond donors (Lipinski definition) is 1. The van der Waals surface area contributed by atoms with Gasteiger partial charge in [-0.25, -0.2) is 0 Å². The van der Waals surface area contributed by atoms with Gasteiger partial charge in [0.15, 0.2) is 5.75 Å². The molecule has 3 rings (SSSR count). The average molecular weight is 295 g/mol. The van der Waals surface area contributed by atoms with Crippen LogP contribution in [-0.2, 0) is 4.79 Å². The largest absolute Gasteiger partial charge is 0.455 e. The summed E-state index contributed by atoms with van der Waals surface area (Å²) in [7, 11) is 0. The van der Waals surface area contributed by atoms with Crippen LogP contribution in [0.2, 0.25) is 0 Å². The summed E-state index contributed by atoms with van der Waals surface area (Å²) in [5.74, 6) is 1.71. The second-order valence-corrected chi connectivity index (χ2v) is 5.89. The molecule has 2 aromatic carbocycles. The van der Waals surface area contributed by atoms with E-state index in [1.807, 2.05) is 55.5 Å². The molecule has 22 heavy (non-hydrogen) atoms. The first-order valence-electron chi connectivity index (χ1n) is 7.87. The van der Waals surface area contributed by atoms with E-state index in [4.69, 9.17) is 4.74 Å². The van der Waals surface area contributed by atoms with Gasteiger partial charge >= 0.3 is 0 Å². The highest BCUT2D eigenvalue weighted by molar-refractivity contribution is 5.94. The van der Waals surface area contributed by atoms with Gasteiger partial charge in [0.05, 0.1) is 5.69 Å². The van der Waals surface area contributed by atoms with Crippen molar-refractivity contribution in [2.75, 3.05) is 5.32 Å². The highest BCUT2D eigenvalue weighted by Gasteiger charge is 2.23. The third kappa shape index (κ3) is 3.48.